The van der Waals surface area contributed by atoms with Gasteiger partial charge in [0.25, 0.3) is 5.91 Å². The molecule has 33 heavy (non-hydrogen) atoms. The Morgan fingerprint density at radius 3 is 2.64 bits per heavy atom. The Morgan fingerprint density at radius 2 is 1.91 bits per heavy atom. The first-order valence-electron chi connectivity index (χ1n) is 11.8. The molecule has 2 N–H and O–H groups in total. The van der Waals surface area contributed by atoms with Gasteiger partial charge in [-0.2, -0.15) is 4.98 Å². The lowest BCUT2D eigenvalue weighted by Crippen LogP contribution is -2.50. The Labute approximate surface area is 192 Å². The predicted molar refractivity (Wildman–Crippen MR) is 126 cm³/mol. The molecule has 3 aromatic rings. The normalized spacial score (nSPS) is 24.2. The number of rotatable bonds is 3. The number of anilines is 3. The van der Waals surface area contributed by atoms with Crippen molar-refractivity contribution in [3.63, 3.8) is 0 Å². The smallest absolute Gasteiger partial charge is 0.268 e. The molecule has 0 radical (unpaired) electrons. The van der Waals surface area contributed by atoms with E-state index in [0.29, 0.717) is 24.0 Å². The molecule has 3 aromatic heterocycles. The standard InChI is InChI=1S/C24H29N7O2/c1-15-12-30(13-16(2)33-15)18-5-6-20(25-11-18)28-23-26-10-17-9-19-22(32)27-14-24(7-3-4-8-24)31(19)21(17)29-23/h5-6,9-11,15-16H,3-4,7-8,12-14H2,1-2H3,(H,27,32)(H,25,26,28,29). The summed E-state index contributed by atoms with van der Waals surface area (Å²) >= 11 is 0. The SMILES string of the molecule is CC1CN(c2ccc(Nc3ncc4cc5n(c4n3)C3(CCCC3)CNC5=O)nc2)CC(C)O1. The maximum absolute atomic E-state index is 12.6. The van der Waals surface area contributed by atoms with E-state index in [9.17, 15) is 4.79 Å². The molecule has 9 heteroatoms. The number of morpholine rings is 1. The Kier molecular flexibility index (Phi) is 4.76. The van der Waals surface area contributed by atoms with Crippen LogP contribution in [0, 0.1) is 0 Å². The fourth-order valence-corrected chi connectivity index (χ4v) is 5.69. The second kappa shape index (κ2) is 7.69. The minimum absolute atomic E-state index is 0.0379. The maximum Gasteiger partial charge on any atom is 0.268 e. The van der Waals surface area contributed by atoms with Crippen molar-refractivity contribution in [1.29, 1.82) is 0 Å². The molecule has 1 saturated carbocycles. The number of carbonyl (C=O) groups excluding carboxylic acids is 1. The van der Waals surface area contributed by atoms with Crippen LogP contribution >= 0.6 is 0 Å². The minimum Gasteiger partial charge on any atom is -0.372 e. The molecule has 1 amide bonds. The average Bonchev–Trinajstić information content (AvgIpc) is 3.42. The first-order chi connectivity index (χ1) is 16.0. The first kappa shape index (κ1) is 20.4. The molecule has 1 saturated heterocycles. The van der Waals surface area contributed by atoms with Gasteiger partial charge in [0.05, 0.1) is 29.6 Å². The Balaban J connectivity index is 1.28. The number of fused-ring (bicyclic) bond motifs is 4. The maximum atomic E-state index is 12.6. The quantitative estimate of drug-likeness (QED) is 0.636. The van der Waals surface area contributed by atoms with Gasteiger partial charge in [-0.15, -0.1) is 0 Å². The summed E-state index contributed by atoms with van der Waals surface area (Å²) in [5.41, 5.74) is 2.49. The van der Waals surface area contributed by atoms with Gasteiger partial charge in [-0.1, -0.05) is 12.8 Å². The van der Waals surface area contributed by atoms with Gasteiger partial charge in [-0.3, -0.25) is 4.79 Å². The molecule has 2 atom stereocenters. The van der Waals surface area contributed by atoms with E-state index in [1.54, 1.807) is 6.20 Å². The van der Waals surface area contributed by atoms with E-state index in [2.05, 4.69) is 50.0 Å². The number of carbonyl (C=O) groups is 1. The van der Waals surface area contributed by atoms with Gasteiger partial charge in [0.2, 0.25) is 5.95 Å². The summed E-state index contributed by atoms with van der Waals surface area (Å²) in [6.07, 6.45) is 8.51. The Morgan fingerprint density at radius 1 is 1.12 bits per heavy atom. The zero-order valence-corrected chi connectivity index (χ0v) is 19.0. The Hall–Kier alpha value is -3.20. The average molecular weight is 448 g/mol. The van der Waals surface area contributed by atoms with E-state index >= 15 is 0 Å². The second-order valence-electron chi connectivity index (χ2n) is 9.64. The molecular weight excluding hydrogens is 418 g/mol. The van der Waals surface area contributed by atoms with E-state index < -0.39 is 0 Å². The summed E-state index contributed by atoms with van der Waals surface area (Å²) in [5.74, 6) is 1.13. The largest absolute Gasteiger partial charge is 0.372 e. The van der Waals surface area contributed by atoms with Crippen LogP contribution in [0.1, 0.15) is 50.0 Å². The van der Waals surface area contributed by atoms with E-state index in [1.807, 2.05) is 18.3 Å². The number of pyridine rings is 1. The number of nitrogens with zero attached hydrogens (tertiary/aromatic N) is 5. The molecule has 9 nitrogen and oxygen atoms in total. The van der Waals surface area contributed by atoms with Crippen molar-refractivity contribution < 1.29 is 9.53 Å². The molecule has 1 aliphatic carbocycles. The third-order valence-electron chi connectivity index (χ3n) is 7.13. The fraction of sp³-hybridized carbons (Fsp3) is 0.500. The molecule has 5 heterocycles. The minimum atomic E-state index is -0.0804. The monoisotopic (exact) mass is 447 g/mol. The van der Waals surface area contributed by atoms with Crippen molar-refractivity contribution in [3.8, 4) is 0 Å². The molecule has 6 rings (SSSR count). The van der Waals surface area contributed by atoms with Crippen LogP contribution in [0.25, 0.3) is 11.0 Å². The number of aromatic nitrogens is 4. The van der Waals surface area contributed by atoms with Gasteiger partial charge in [-0.25, -0.2) is 9.97 Å². The molecule has 0 bridgehead atoms. The summed E-state index contributed by atoms with van der Waals surface area (Å²) in [6.45, 7) is 6.57. The predicted octanol–water partition coefficient (Wildman–Crippen LogP) is 3.20. The van der Waals surface area contributed by atoms with Crippen molar-refractivity contribution in [2.45, 2.75) is 57.3 Å². The van der Waals surface area contributed by atoms with Gasteiger partial charge < -0.3 is 24.8 Å². The topological polar surface area (TPSA) is 97.2 Å². The lowest BCUT2D eigenvalue weighted by molar-refractivity contribution is -0.00523. The Bertz CT molecular complexity index is 1190. The number of nitrogens with one attached hydrogen (secondary N) is 2. The molecule has 2 aliphatic heterocycles. The number of ether oxygens (including phenoxy) is 1. The number of hydrogen-bond donors (Lipinski definition) is 2. The van der Waals surface area contributed by atoms with Crippen LogP contribution in [0.4, 0.5) is 17.5 Å². The molecule has 0 aromatic carbocycles. The highest BCUT2D eigenvalue weighted by Crippen LogP contribution is 2.41. The molecule has 2 fully saturated rings. The molecule has 3 aliphatic rings. The van der Waals surface area contributed by atoms with Crippen LogP contribution in [0.2, 0.25) is 0 Å². The highest BCUT2D eigenvalue weighted by Gasteiger charge is 2.42. The van der Waals surface area contributed by atoms with Crippen LogP contribution in [0.5, 0.6) is 0 Å². The summed E-state index contributed by atoms with van der Waals surface area (Å²) < 4.78 is 8.00. The number of amides is 1. The van der Waals surface area contributed by atoms with Gasteiger partial charge in [0, 0.05) is 31.2 Å². The van der Waals surface area contributed by atoms with E-state index in [1.165, 1.54) is 12.8 Å². The fourth-order valence-electron chi connectivity index (χ4n) is 5.69. The van der Waals surface area contributed by atoms with Crippen LogP contribution in [0.15, 0.2) is 30.6 Å². The van der Waals surface area contributed by atoms with Gasteiger partial charge in [-0.05, 0) is 44.9 Å². The second-order valence-corrected chi connectivity index (χ2v) is 9.64. The lowest BCUT2D eigenvalue weighted by atomic mass is 9.94. The lowest BCUT2D eigenvalue weighted by Gasteiger charge is -2.37. The van der Waals surface area contributed by atoms with E-state index in [0.717, 1.165) is 42.7 Å². The summed E-state index contributed by atoms with van der Waals surface area (Å²) in [6, 6.07) is 5.92. The summed E-state index contributed by atoms with van der Waals surface area (Å²) in [5, 5.41) is 7.21. The van der Waals surface area contributed by atoms with Gasteiger partial charge in [0.15, 0.2) is 0 Å². The van der Waals surface area contributed by atoms with Crippen molar-refractivity contribution in [2.75, 3.05) is 29.9 Å². The van der Waals surface area contributed by atoms with Crippen molar-refractivity contribution in [3.05, 3.63) is 36.3 Å². The van der Waals surface area contributed by atoms with Gasteiger partial charge >= 0.3 is 0 Å². The molecular formula is C24H29N7O2. The summed E-state index contributed by atoms with van der Waals surface area (Å²) in [4.78, 5) is 28.8. The van der Waals surface area contributed by atoms with Crippen molar-refractivity contribution in [1.82, 2.24) is 24.8 Å². The first-order valence-corrected chi connectivity index (χ1v) is 11.8. The van der Waals surface area contributed by atoms with E-state index in [4.69, 9.17) is 9.72 Å². The van der Waals surface area contributed by atoms with Crippen LogP contribution in [-0.2, 0) is 10.3 Å². The molecule has 172 valence electrons. The van der Waals surface area contributed by atoms with Crippen LogP contribution in [-0.4, -0.2) is 57.3 Å². The van der Waals surface area contributed by atoms with Crippen LogP contribution in [0.3, 0.4) is 0 Å². The van der Waals surface area contributed by atoms with E-state index in [-0.39, 0.29) is 23.7 Å². The molecule has 1 spiro atoms. The summed E-state index contributed by atoms with van der Waals surface area (Å²) in [7, 11) is 0. The highest BCUT2D eigenvalue weighted by molar-refractivity contribution is 5.99. The molecule has 2 unspecified atom stereocenters. The third kappa shape index (κ3) is 3.51. The third-order valence-corrected chi connectivity index (χ3v) is 7.13. The zero-order valence-electron chi connectivity index (χ0n) is 19.0. The van der Waals surface area contributed by atoms with Crippen molar-refractivity contribution >= 4 is 34.4 Å². The number of hydrogen-bond acceptors (Lipinski definition) is 7. The van der Waals surface area contributed by atoms with Gasteiger partial charge in [0.1, 0.15) is 17.2 Å². The zero-order chi connectivity index (χ0) is 22.6. The van der Waals surface area contributed by atoms with Crippen LogP contribution < -0.4 is 15.5 Å². The highest BCUT2D eigenvalue weighted by atomic mass is 16.5. The van der Waals surface area contributed by atoms with Crippen molar-refractivity contribution in [2.24, 2.45) is 0 Å².